The van der Waals surface area contributed by atoms with E-state index in [1.165, 1.54) is 28.8 Å². The summed E-state index contributed by atoms with van der Waals surface area (Å²) in [7, 11) is -2.89. The molecule has 10 rings (SSSR count). The van der Waals surface area contributed by atoms with Crippen LogP contribution in [0.4, 0.5) is 17.1 Å². The van der Waals surface area contributed by atoms with Crippen LogP contribution < -0.4 is 24.4 Å². The number of ether oxygens (including phenoxy) is 2. The van der Waals surface area contributed by atoms with Crippen molar-refractivity contribution in [2.24, 2.45) is 11.3 Å². The van der Waals surface area contributed by atoms with E-state index in [0.717, 1.165) is 106 Å². The van der Waals surface area contributed by atoms with E-state index in [1.54, 1.807) is 25.4 Å². The molecule has 1 atom stereocenters. The molecule has 2 aromatic heterocycles. The minimum absolute atomic E-state index is 0.0273. The molecule has 6 aromatic rings. The maximum atomic E-state index is 14.2. The van der Waals surface area contributed by atoms with Gasteiger partial charge in [-0.15, -0.1) is 0 Å². The van der Waals surface area contributed by atoms with Crippen molar-refractivity contribution in [1.82, 2.24) is 24.5 Å². The van der Waals surface area contributed by atoms with Gasteiger partial charge in [-0.05, 0) is 147 Å². The van der Waals surface area contributed by atoms with Gasteiger partial charge in [0.05, 0.1) is 34.3 Å². The van der Waals surface area contributed by atoms with E-state index in [-0.39, 0.29) is 34.4 Å². The largest absolute Gasteiger partial charge is 0.497 e. The van der Waals surface area contributed by atoms with Gasteiger partial charge in [0.25, 0.3) is 21.6 Å². The molecule has 17 heteroatoms. The summed E-state index contributed by atoms with van der Waals surface area (Å²) in [6.45, 7) is 14.3. The number of carbonyl (C=O) groups excluding carboxylic acids is 1. The van der Waals surface area contributed by atoms with E-state index < -0.39 is 37.0 Å². The number of aliphatic hydroxyl groups is 1. The summed E-state index contributed by atoms with van der Waals surface area (Å²) in [5.41, 5.74) is 5.85. The van der Waals surface area contributed by atoms with Crippen molar-refractivity contribution >= 4 is 44.0 Å². The Morgan fingerprint density at radius 1 is 0.947 bits per heavy atom. The third-order valence-corrected chi connectivity index (χ3v) is 18.0. The minimum atomic E-state index is -4.59. The fourth-order valence-electron chi connectivity index (χ4n) is 12.1. The Morgan fingerprint density at radius 2 is 1.69 bits per heavy atom. The quantitative estimate of drug-likeness (QED) is 0.0529. The molecule has 16 nitrogen and oxygen atoms in total. The molecule has 2 saturated heterocycles. The van der Waals surface area contributed by atoms with Gasteiger partial charge in [-0.3, -0.25) is 24.7 Å². The van der Waals surface area contributed by atoms with Crippen LogP contribution in [0.25, 0.3) is 11.0 Å². The second kappa shape index (κ2) is 21.2. The fraction of sp³-hybridized carbons (Fsp3) is 0.448. The molecule has 4 N–H and O–H groups in total. The summed E-state index contributed by atoms with van der Waals surface area (Å²) in [5.74, 6) is 1.05. The van der Waals surface area contributed by atoms with Crippen LogP contribution in [0, 0.1) is 28.4 Å². The van der Waals surface area contributed by atoms with E-state index in [0.29, 0.717) is 42.7 Å². The number of hydrogen-bond donors (Lipinski definition) is 4. The first-order valence-corrected chi connectivity index (χ1v) is 28.0. The molecule has 0 bridgehead atoms. The van der Waals surface area contributed by atoms with Crippen molar-refractivity contribution in [3.63, 3.8) is 0 Å². The van der Waals surface area contributed by atoms with Crippen LogP contribution in [0.3, 0.4) is 0 Å². The number of anilines is 2. The molecule has 4 heterocycles. The Balaban J connectivity index is 0.837. The number of aryl methyl sites for hydroxylation is 1. The van der Waals surface area contributed by atoms with E-state index in [1.807, 2.05) is 44.3 Å². The number of hydrogen-bond acceptors (Lipinski definition) is 13. The molecule has 1 spiro atoms. The average Bonchev–Trinajstić information content (AvgIpc) is 3.76. The zero-order valence-corrected chi connectivity index (χ0v) is 44.5. The first-order valence-electron chi connectivity index (χ1n) is 26.5. The van der Waals surface area contributed by atoms with Crippen molar-refractivity contribution in [3.05, 3.63) is 141 Å². The van der Waals surface area contributed by atoms with Crippen LogP contribution in [0.15, 0.2) is 108 Å². The predicted molar refractivity (Wildman–Crippen MR) is 291 cm³/mol. The van der Waals surface area contributed by atoms with Crippen LogP contribution in [-0.4, -0.2) is 102 Å². The van der Waals surface area contributed by atoms with Crippen LogP contribution in [0.2, 0.25) is 0 Å². The number of carbonyl (C=O) groups is 1. The maximum Gasteiger partial charge on any atom is 0.293 e. The Hall–Kier alpha value is -6.53. The number of piperidine rings is 1. The number of sulfonamides is 1. The van der Waals surface area contributed by atoms with Crippen LogP contribution in [-0.2, 0) is 16.6 Å². The first-order chi connectivity index (χ1) is 35.9. The number of aromatic amines is 1. The van der Waals surface area contributed by atoms with Gasteiger partial charge in [0.15, 0.2) is 0 Å². The third-order valence-electron chi connectivity index (χ3n) is 16.7. The highest BCUT2D eigenvalue weighted by Gasteiger charge is 2.50. The Morgan fingerprint density at radius 3 is 2.41 bits per heavy atom. The number of H-pyrrole nitrogens is 1. The number of nitrogens with zero attached hydrogens (tertiary/aromatic N) is 5. The van der Waals surface area contributed by atoms with E-state index in [4.69, 9.17) is 9.47 Å². The summed E-state index contributed by atoms with van der Waals surface area (Å²) in [6.07, 6.45) is 10.5. The molecule has 4 aliphatic rings. The summed E-state index contributed by atoms with van der Waals surface area (Å²) >= 11 is 0. The second-order valence-electron chi connectivity index (χ2n) is 22.2. The third kappa shape index (κ3) is 11.4. The number of methoxy groups -OCH3 is 1. The van der Waals surface area contributed by atoms with Gasteiger partial charge in [-0.25, -0.2) is 18.1 Å². The molecule has 1 amide bonds. The van der Waals surface area contributed by atoms with Crippen LogP contribution in [0.5, 0.6) is 17.2 Å². The van der Waals surface area contributed by atoms with Gasteiger partial charge in [0.2, 0.25) is 0 Å². The van der Waals surface area contributed by atoms with Crippen molar-refractivity contribution in [1.29, 1.82) is 0 Å². The molecule has 4 fully saturated rings. The number of pyridine rings is 1. The molecule has 2 saturated carbocycles. The molecule has 0 radical (unpaired) electrons. The highest BCUT2D eigenvalue weighted by atomic mass is 32.2. The number of nitro benzene ring substituents is 1. The average molecular weight is 1040 g/mol. The van der Waals surface area contributed by atoms with E-state index in [2.05, 4.69) is 85.0 Å². The smallest absolute Gasteiger partial charge is 0.293 e. The number of benzene rings is 4. The topological polar surface area (TPSA) is 195 Å². The van der Waals surface area contributed by atoms with Gasteiger partial charge < -0.3 is 29.8 Å². The lowest BCUT2D eigenvalue weighted by Crippen LogP contribution is -2.60. The normalized spacial score (nSPS) is 21.5. The van der Waals surface area contributed by atoms with Crippen molar-refractivity contribution < 1.29 is 32.7 Å². The highest BCUT2D eigenvalue weighted by molar-refractivity contribution is 7.90. The standard InChI is InChI=1S/C58H70N8O8S/c1-38(2)47-8-6-7-9-48(47)53-37-63(36-41-10-13-44(73-5)14-11-41)26-27-65(53)43-31-58(32-43)22-24-64(25-23-58)42-12-16-49(54(28-42)74-45-29-50-39(3)33-60-55(50)61-35-45)56(67)62-75(71,72)46-15-17-51(52(30-46)66(69)70)59-34-40-18-20-57(4,68)21-19-40/h6-17,28-30,33,35,38,40,43,53,59,68H,18-27,31-32,34,36-37H2,1-5H3,(H,60,61)(H,62,67). The minimum Gasteiger partial charge on any atom is -0.497 e. The molecular weight excluding hydrogens is 969 g/mol. The van der Waals surface area contributed by atoms with Gasteiger partial charge >= 0.3 is 0 Å². The summed E-state index contributed by atoms with van der Waals surface area (Å²) < 4.78 is 41.8. The second-order valence-corrected chi connectivity index (χ2v) is 23.9. The summed E-state index contributed by atoms with van der Waals surface area (Å²) in [6, 6.07) is 28.8. The van der Waals surface area contributed by atoms with E-state index >= 15 is 0 Å². The lowest BCUT2D eigenvalue weighted by atomic mass is 9.59. The Labute approximate surface area is 440 Å². The number of nitro groups is 1. The fourth-order valence-corrected chi connectivity index (χ4v) is 13.1. The van der Waals surface area contributed by atoms with Gasteiger partial charge in [-0.1, -0.05) is 50.2 Å². The summed E-state index contributed by atoms with van der Waals surface area (Å²) in [5, 5.41) is 26.6. The van der Waals surface area contributed by atoms with Crippen molar-refractivity contribution in [2.45, 2.75) is 114 Å². The molecule has 396 valence electrons. The lowest BCUT2D eigenvalue weighted by Gasteiger charge is -2.58. The molecule has 2 aliphatic carbocycles. The predicted octanol–water partition coefficient (Wildman–Crippen LogP) is 10.5. The van der Waals surface area contributed by atoms with Crippen molar-refractivity contribution in [3.8, 4) is 17.2 Å². The number of fused-ring (bicyclic) bond motifs is 1. The van der Waals surface area contributed by atoms with Gasteiger partial charge in [-0.2, -0.15) is 0 Å². The zero-order valence-electron chi connectivity index (χ0n) is 43.7. The maximum absolute atomic E-state index is 14.2. The number of amides is 1. The molecule has 75 heavy (non-hydrogen) atoms. The Bertz CT molecular complexity index is 3150. The van der Waals surface area contributed by atoms with Gasteiger partial charge in [0, 0.05) is 87.3 Å². The number of nitrogens with one attached hydrogen (secondary N) is 3. The van der Waals surface area contributed by atoms with E-state index in [9.17, 15) is 28.4 Å². The highest BCUT2D eigenvalue weighted by Crippen LogP contribution is 2.53. The zero-order chi connectivity index (χ0) is 52.6. The monoisotopic (exact) mass is 1040 g/mol. The molecule has 2 aliphatic heterocycles. The van der Waals surface area contributed by atoms with Gasteiger partial charge in [0.1, 0.15) is 28.6 Å². The SMILES string of the molecule is COc1ccc(CN2CCN(C3CC4(CCN(c5ccc(C(=O)NS(=O)(=O)c6ccc(NCC7CCC(C)(O)CC7)c([N+](=O)[O-])c6)c(Oc6cnc7[nH]cc(C)c7c6)c5)CC4)C3)C(c3ccccc3C(C)C)C2)cc1. The molecular formula is C58H70N8O8S. The Kier molecular flexibility index (Phi) is 14.7. The van der Waals surface area contributed by atoms with Crippen molar-refractivity contribution in [2.75, 3.05) is 56.6 Å². The number of rotatable bonds is 16. The first kappa shape index (κ1) is 51.9. The summed E-state index contributed by atoms with van der Waals surface area (Å²) in [4.78, 5) is 40.7. The lowest BCUT2D eigenvalue weighted by molar-refractivity contribution is -0.384. The molecule has 1 unspecified atom stereocenters. The molecule has 4 aromatic carbocycles. The number of piperazine rings is 1. The van der Waals surface area contributed by atoms with Crippen LogP contribution in [0.1, 0.15) is 117 Å². The number of aromatic nitrogens is 2. The van der Waals surface area contributed by atoms with Crippen LogP contribution >= 0.6 is 0 Å².